The SMILES string of the molecule is CC(C)CSc1nc(SCC(C)C)c2[nH]c(=O)[nH]c2n1. The third-order valence-electron chi connectivity index (χ3n) is 2.42. The molecule has 0 unspecified atom stereocenters. The smallest absolute Gasteiger partial charge is 0.302 e. The van der Waals surface area contributed by atoms with Crippen LogP contribution in [0.4, 0.5) is 0 Å². The topological polar surface area (TPSA) is 74.4 Å². The Morgan fingerprint density at radius 1 is 1.00 bits per heavy atom. The summed E-state index contributed by atoms with van der Waals surface area (Å²) in [5.74, 6) is 3.08. The molecule has 0 saturated heterocycles. The number of H-pyrrole nitrogens is 2. The molecule has 0 atom stereocenters. The fourth-order valence-electron chi connectivity index (χ4n) is 1.53. The van der Waals surface area contributed by atoms with Crippen LogP contribution in [0.1, 0.15) is 27.7 Å². The normalized spacial score (nSPS) is 11.9. The van der Waals surface area contributed by atoms with Crippen LogP contribution >= 0.6 is 23.5 Å². The maximum Gasteiger partial charge on any atom is 0.325 e. The van der Waals surface area contributed by atoms with E-state index in [1.807, 2.05) is 0 Å². The second-order valence-corrected chi connectivity index (χ2v) is 7.52. The molecule has 0 aliphatic rings. The van der Waals surface area contributed by atoms with Crippen LogP contribution in [0.3, 0.4) is 0 Å². The van der Waals surface area contributed by atoms with E-state index in [4.69, 9.17) is 0 Å². The van der Waals surface area contributed by atoms with E-state index in [1.54, 1.807) is 23.5 Å². The van der Waals surface area contributed by atoms with Crippen molar-refractivity contribution in [3.8, 4) is 0 Å². The van der Waals surface area contributed by atoms with E-state index in [0.717, 1.165) is 27.2 Å². The van der Waals surface area contributed by atoms with Gasteiger partial charge in [0.05, 0.1) is 0 Å². The highest BCUT2D eigenvalue weighted by molar-refractivity contribution is 8.00. The van der Waals surface area contributed by atoms with Crippen LogP contribution in [0.5, 0.6) is 0 Å². The van der Waals surface area contributed by atoms with E-state index < -0.39 is 0 Å². The molecule has 2 aromatic heterocycles. The Hall–Kier alpha value is -0.950. The molecule has 0 bridgehead atoms. The van der Waals surface area contributed by atoms with Crippen LogP contribution in [-0.4, -0.2) is 31.4 Å². The van der Waals surface area contributed by atoms with Gasteiger partial charge in [-0.3, -0.25) is 4.98 Å². The van der Waals surface area contributed by atoms with Gasteiger partial charge in [0, 0.05) is 11.5 Å². The Labute approximate surface area is 126 Å². The van der Waals surface area contributed by atoms with Crippen LogP contribution < -0.4 is 5.69 Å². The number of aromatic amines is 2. The van der Waals surface area contributed by atoms with Gasteiger partial charge < -0.3 is 4.98 Å². The van der Waals surface area contributed by atoms with Gasteiger partial charge in [-0.25, -0.2) is 14.8 Å². The van der Waals surface area contributed by atoms with Gasteiger partial charge >= 0.3 is 5.69 Å². The fraction of sp³-hybridized carbons (Fsp3) is 0.615. The van der Waals surface area contributed by atoms with Crippen LogP contribution in [-0.2, 0) is 0 Å². The molecule has 20 heavy (non-hydrogen) atoms. The van der Waals surface area contributed by atoms with E-state index >= 15 is 0 Å². The largest absolute Gasteiger partial charge is 0.325 e. The lowest BCUT2D eigenvalue weighted by Gasteiger charge is -2.07. The Kier molecular flexibility index (Phi) is 5.15. The standard InChI is InChI=1S/C13H20N4OS2/c1-7(2)5-19-11-9-10(15-12(18)14-9)16-13(17-11)20-6-8(3)4/h7-8H,5-6H2,1-4H3,(H2,14,15,16,17,18). The lowest BCUT2D eigenvalue weighted by molar-refractivity contribution is 0.745. The minimum atomic E-state index is -0.230. The highest BCUT2D eigenvalue weighted by Gasteiger charge is 2.12. The lowest BCUT2D eigenvalue weighted by Crippen LogP contribution is -1.99. The van der Waals surface area contributed by atoms with Gasteiger partial charge in [-0.05, 0) is 11.8 Å². The zero-order chi connectivity index (χ0) is 14.7. The molecular formula is C13H20N4OS2. The summed E-state index contributed by atoms with van der Waals surface area (Å²) in [4.78, 5) is 26.0. The number of nitrogens with zero attached hydrogens (tertiary/aromatic N) is 2. The van der Waals surface area contributed by atoms with Gasteiger partial charge in [0.25, 0.3) is 0 Å². The van der Waals surface area contributed by atoms with E-state index in [2.05, 4.69) is 47.6 Å². The van der Waals surface area contributed by atoms with Crippen LogP contribution in [0, 0.1) is 11.8 Å². The minimum absolute atomic E-state index is 0.230. The summed E-state index contributed by atoms with van der Waals surface area (Å²) in [6, 6.07) is 0. The van der Waals surface area contributed by atoms with Gasteiger partial charge in [-0.2, -0.15) is 0 Å². The first-order valence-electron chi connectivity index (χ1n) is 6.71. The number of thioether (sulfide) groups is 2. The maximum absolute atomic E-state index is 11.5. The molecule has 2 N–H and O–H groups in total. The van der Waals surface area contributed by atoms with Crippen molar-refractivity contribution in [1.82, 2.24) is 19.9 Å². The molecule has 0 fully saturated rings. The third-order valence-corrected chi connectivity index (χ3v) is 5.10. The first kappa shape index (κ1) is 15.4. The maximum atomic E-state index is 11.5. The molecule has 0 radical (unpaired) electrons. The van der Waals surface area contributed by atoms with Crippen LogP contribution in [0.2, 0.25) is 0 Å². The summed E-state index contributed by atoms with van der Waals surface area (Å²) in [6.07, 6.45) is 0. The molecule has 0 aliphatic carbocycles. The second-order valence-electron chi connectivity index (χ2n) is 5.52. The van der Waals surface area contributed by atoms with Gasteiger partial charge in [-0.1, -0.05) is 39.5 Å². The quantitative estimate of drug-likeness (QED) is 0.487. The van der Waals surface area contributed by atoms with Crippen molar-refractivity contribution in [3.63, 3.8) is 0 Å². The van der Waals surface area contributed by atoms with E-state index in [1.165, 1.54) is 0 Å². The van der Waals surface area contributed by atoms with E-state index in [-0.39, 0.29) is 5.69 Å². The Bertz CT molecular complexity index is 633. The first-order chi connectivity index (χ1) is 9.45. The molecule has 2 heterocycles. The minimum Gasteiger partial charge on any atom is -0.302 e. The molecule has 0 amide bonds. The van der Waals surface area contributed by atoms with Crippen LogP contribution in [0.15, 0.2) is 15.0 Å². The van der Waals surface area contributed by atoms with E-state index in [9.17, 15) is 4.79 Å². The van der Waals surface area contributed by atoms with E-state index in [0.29, 0.717) is 17.5 Å². The van der Waals surface area contributed by atoms with Crippen molar-refractivity contribution < 1.29 is 0 Å². The number of aromatic nitrogens is 4. The summed E-state index contributed by atoms with van der Waals surface area (Å²) in [6.45, 7) is 8.66. The summed E-state index contributed by atoms with van der Waals surface area (Å²) in [5.41, 5.74) is 1.09. The third kappa shape index (κ3) is 4.02. The average Bonchev–Trinajstić information content (AvgIpc) is 2.73. The Morgan fingerprint density at radius 3 is 2.30 bits per heavy atom. The van der Waals surface area contributed by atoms with Gasteiger partial charge in [0.1, 0.15) is 10.5 Å². The fourth-order valence-corrected chi connectivity index (χ4v) is 3.32. The molecule has 0 aliphatic heterocycles. The molecular weight excluding hydrogens is 292 g/mol. The number of imidazole rings is 1. The number of rotatable bonds is 6. The molecule has 7 heteroatoms. The molecule has 110 valence electrons. The Morgan fingerprint density at radius 2 is 1.65 bits per heavy atom. The summed E-state index contributed by atoms with van der Waals surface area (Å²) in [7, 11) is 0. The van der Waals surface area contributed by atoms with Crippen molar-refractivity contribution in [2.24, 2.45) is 11.8 Å². The highest BCUT2D eigenvalue weighted by Crippen LogP contribution is 2.27. The summed E-state index contributed by atoms with van der Waals surface area (Å²) in [5, 5.41) is 1.58. The number of nitrogens with one attached hydrogen (secondary N) is 2. The van der Waals surface area contributed by atoms with Crippen molar-refractivity contribution in [3.05, 3.63) is 10.5 Å². The predicted octanol–water partition coefficient (Wildman–Crippen LogP) is 3.14. The highest BCUT2D eigenvalue weighted by atomic mass is 32.2. The lowest BCUT2D eigenvalue weighted by atomic mass is 10.3. The molecule has 0 saturated carbocycles. The molecule has 0 spiro atoms. The molecule has 2 rings (SSSR count). The Balaban J connectivity index is 2.33. The number of fused-ring (bicyclic) bond motifs is 1. The number of hydrogen-bond donors (Lipinski definition) is 2. The van der Waals surface area contributed by atoms with Gasteiger partial charge in [0.15, 0.2) is 10.8 Å². The molecule has 0 aromatic carbocycles. The number of hydrogen-bond acceptors (Lipinski definition) is 5. The zero-order valence-electron chi connectivity index (χ0n) is 12.2. The predicted molar refractivity (Wildman–Crippen MR) is 85.6 cm³/mol. The molecule has 5 nitrogen and oxygen atoms in total. The first-order valence-corrected chi connectivity index (χ1v) is 8.68. The average molecular weight is 312 g/mol. The van der Waals surface area contributed by atoms with Crippen molar-refractivity contribution >= 4 is 34.7 Å². The summed E-state index contributed by atoms with van der Waals surface area (Å²) >= 11 is 3.29. The van der Waals surface area contributed by atoms with Gasteiger partial charge in [-0.15, -0.1) is 11.8 Å². The zero-order valence-corrected chi connectivity index (χ0v) is 13.8. The van der Waals surface area contributed by atoms with Crippen molar-refractivity contribution in [2.45, 2.75) is 37.9 Å². The van der Waals surface area contributed by atoms with Crippen molar-refractivity contribution in [2.75, 3.05) is 11.5 Å². The van der Waals surface area contributed by atoms with Gasteiger partial charge in [0.2, 0.25) is 0 Å². The van der Waals surface area contributed by atoms with Crippen LogP contribution in [0.25, 0.3) is 11.2 Å². The second kappa shape index (κ2) is 6.67. The monoisotopic (exact) mass is 312 g/mol. The molecule has 2 aromatic rings. The summed E-state index contributed by atoms with van der Waals surface area (Å²) < 4.78 is 0. The van der Waals surface area contributed by atoms with Crippen molar-refractivity contribution in [1.29, 1.82) is 0 Å².